The third-order valence-corrected chi connectivity index (χ3v) is 5.35. The van der Waals surface area contributed by atoms with Crippen LogP contribution < -0.4 is 5.32 Å². The fourth-order valence-corrected chi connectivity index (χ4v) is 4.00. The van der Waals surface area contributed by atoms with E-state index in [0.717, 1.165) is 40.0 Å². The van der Waals surface area contributed by atoms with Gasteiger partial charge in [-0.1, -0.05) is 0 Å². The lowest BCUT2D eigenvalue weighted by atomic mass is 10.3. The summed E-state index contributed by atoms with van der Waals surface area (Å²) < 4.78 is 6.58. The highest BCUT2D eigenvalue weighted by Gasteiger charge is 2.15. The molecule has 0 unspecified atom stereocenters. The van der Waals surface area contributed by atoms with Crippen molar-refractivity contribution in [1.29, 1.82) is 0 Å². The number of fused-ring (bicyclic) bond motifs is 1. The van der Waals surface area contributed by atoms with Gasteiger partial charge < -0.3 is 5.32 Å². The summed E-state index contributed by atoms with van der Waals surface area (Å²) in [6.45, 7) is 3.27. The lowest BCUT2D eigenvalue weighted by Crippen LogP contribution is -2.18. The summed E-state index contributed by atoms with van der Waals surface area (Å²) in [7, 11) is 0. The van der Waals surface area contributed by atoms with Gasteiger partial charge in [-0.3, -0.25) is 14.4 Å². The summed E-state index contributed by atoms with van der Waals surface area (Å²) in [5, 5.41) is 11.2. The van der Waals surface area contributed by atoms with Crippen LogP contribution in [0.4, 0.5) is 10.8 Å². The van der Waals surface area contributed by atoms with Gasteiger partial charge in [-0.05, 0) is 43.5 Å². The molecule has 26 heavy (non-hydrogen) atoms. The van der Waals surface area contributed by atoms with Crippen molar-refractivity contribution in [2.24, 2.45) is 0 Å². The Hall–Kier alpha value is -2.78. The molecule has 132 valence electrons. The molecule has 0 bridgehead atoms. The van der Waals surface area contributed by atoms with Crippen LogP contribution in [0.1, 0.15) is 18.5 Å². The van der Waals surface area contributed by atoms with Gasteiger partial charge in [0.05, 0.1) is 23.8 Å². The number of anilines is 2. The number of likely N-dealkylation sites (tertiary alicyclic amines) is 1. The zero-order chi connectivity index (χ0) is 17.3. The number of hydrogen-bond acceptors (Lipinski definition) is 7. The van der Waals surface area contributed by atoms with E-state index < -0.39 is 0 Å². The Balaban J connectivity index is 1.40. The average Bonchev–Trinajstić information content (AvgIpc) is 3.43. The SMILES string of the molecule is c1cn2c(-c3cn[nH]c3)cnc2c(Nc2cc(CN3CCCC3)ns2)n1. The molecule has 5 rings (SSSR count). The standard InChI is InChI=1S/C17H18N8S/c1-2-5-24(4-1)11-13-7-15(26-23-13)22-16-17-19-10-14(12-8-20-21-9-12)25(17)6-3-18-16/h3,6-10H,1-2,4-5,11H2,(H,18,22)(H,20,21). The lowest BCUT2D eigenvalue weighted by Gasteiger charge is -2.11. The topological polar surface area (TPSA) is 87.0 Å². The Morgan fingerprint density at radius 1 is 1.19 bits per heavy atom. The van der Waals surface area contributed by atoms with Crippen LogP contribution in [-0.2, 0) is 6.54 Å². The maximum atomic E-state index is 4.57. The van der Waals surface area contributed by atoms with Crippen molar-refractivity contribution >= 4 is 28.0 Å². The number of rotatable bonds is 5. The van der Waals surface area contributed by atoms with E-state index in [2.05, 4.69) is 40.8 Å². The van der Waals surface area contributed by atoms with Crippen molar-refractivity contribution in [1.82, 2.24) is 33.8 Å². The molecule has 8 nitrogen and oxygen atoms in total. The molecule has 1 fully saturated rings. The highest BCUT2D eigenvalue weighted by atomic mass is 32.1. The minimum Gasteiger partial charge on any atom is -0.328 e. The predicted molar refractivity (Wildman–Crippen MR) is 100 cm³/mol. The van der Waals surface area contributed by atoms with Crippen molar-refractivity contribution < 1.29 is 0 Å². The first-order valence-corrected chi connectivity index (χ1v) is 9.40. The summed E-state index contributed by atoms with van der Waals surface area (Å²) in [4.78, 5) is 11.4. The van der Waals surface area contributed by atoms with Crippen LogP contribution in [0.15, 0.2) is 37.1 Å². The average molecular weight is 366 g/mol. The first-order valence-electron chi connectivity index (χ1n) is 8.63. The van der Waals surface area contributed by atoms with E-state index in [0.29, 0.717) is 0 Å². The largest absolute Gasteiger partial charge is 0.328 e. The highest BCUT2D eigenvalue weighted by molar-refractivity contribution is 7.10. The second kappa shape index (κ2) is 6.50. The number of H-pyrrole nitrogens is 1. The molecule has 0 atom stereocenters. The van der Waals surface area contributed by atoms with Gasteiger partial charge in [0, 0.05) is 30.7 Å². The highest BCUT2D eigenvalue weighted by Crippen LogP contribution is 2.27. The van der Waals surface area contributed by atoms with Gasteiger partial charge in [0.2, 0.25) is 0 Å². The van der Waals surface area contributed by atoms with E-state index in [1.54, 1.807) is 12.4 Å². The summed E-state index contributed by atoms with van der Waals surface area (Å²) in [6.07, 6.45) is 11.7. The number of aromatic nitrogens is 6. The first kappa shape index (κ1) is 15.5. The maximum absolute atomic E-state index is 4.57. The molecule has 5 heterocycles. The molecule has 0 radical (unpaired) electrons. The summed E-state index contributed by atoms with van der Waals surface area (Å²) in [5.41, 5.74) is 3.84. The zero-order valence-corrected chi connectivity index (χ0v) is 14.9. The third kappa shape index (κ3) is 2.85. The van der Waals surface area contributed by atoms with Crippen molar-refractivity contribution in [3.63, 3.8) is 0 Å². The van der Waals surface area contributed by atoms with E-state index >= 15 is 0 Å². The molecule has 2 N–H and O–H groups in total. The third-order valence-electron chi connectivity index (χ3n) is 4.61. The molecule has 4 aromatic heterocycles. The molecule has 4 aromatic rings. The van der Waals surface area contributed by atoms with Gasteiger partial charge in [0.25, 0.3) is 0 Å². The van der Waals surface area contributed by atoms with Gasteiger partial charge in [-0.25, -0.2) is 9.97 Å². The molecule has 0 aliphatic carbocycles. The number of nitrogens with one attached hydrogen (secondary N) is 2. The Morgan fingerprint density at radius 3 is 2.96 bits per heavy atom. The summed E-state index contributed by atoms with van der Waals surface area (Å²) in [5.74, 6) is 0.721. The van der Waals surface area contributed by atoms with E-state index in [4.69, 9.17) is 0 Å². The Kier molecular flexibility index (Phi) is 3.87. The van der Waals surface area contributed by atoms with Gasteiger partial charge in [-0.2, -0.15) is 9.47 Å². The van der Waals surface area contributed by atoms with Gasteiger partial charge >= 0.3 is 0 Å². The number of imidazole rings is 1. The van der Waals surface area contributed by atoms with Crippen LogP contribution in [0, 0.1) is 0 Å². The fourth-order valence-electron chi connectivity index (χ4n) is 3.34. The van der Waals surface area contributed by atoms with Gasteiger partial charge in [-0.15, -0.1) is 0 Å². The number of nitrogens with zero attached hydrogens (tertiary/aromatic N) is 6. The van der Waals surface area contributed by atoms with E-state index in [-0.39, 0.29) is 0 Å². The van der Waals surface area contributed by atoms with Crippen molar-refractivity contribution in [2.45, 2.75) is 19.4 Å². The number of hydrogen-bond donors (Lipinski definition) is 2. The van der Waals surface area contributed by atoms with E-state index in [1.807, 2.05) is 23.0 Å². The predicted octanol–water partition coefficient (Wildman–Crippen LogP) is 2.92. The molecular weight excluding hydrogens is 348 g/mol. The van der Waals surface area contributed by atoms with Crippen molar-refractivity contribution in [3.8, 4) is 11.3 Å². The Bertz CT molecular complexity index is 1010. The van der Waals surface area contributed by atoms with Crippen LogP contribution in [0.2, 0.25) is 0 Å². The minimum absolute atomic E-state index is 0.721. The zero-order valence-electron chi connectivity index (χ0n) is 14.1. The van der Waals surface area contributed by atoms with E-state index in [1.165, 1.54) is 37.5 Å². The van der Waals surface area contributed by atoms with Crippen LogP contribution in [0.5, 0.6) is 0 Å². The summed E-state index contributed by atoms with van der Waals surface area (Å²) >= 11 is 1.46. The fraction of sp³-hybridized carbons (Fsp3) is 0.294. The second-order valence-corrected chi connectivity index (χ2v) is 7.20. The molecular formula is C17H18N8S. The van der Waals surface area contributed by atoms with Gasteiger partial charge in [0.15, 0.2) is 11.5 Å². The number of aromatic amines is 1. The first-order chi connectivity index (χ1) is 12.9. The van der Waals surface area contributed by atoms with E-state index in [9.17, 15) is 0 Å². The van der Waals surface area contributed by atoms with Crippen LogP contribution in [0.25, 0.3) is 16.9 Å². The molecule has 1 saturated heterocycles. The minimum atomic E-state index is 0.721. The summed E-state index contributed by atoms with van der Waals surface area (Å²) in [6, 6.07) is 2.11. The Labute approximate surface area is 154 Å². The van der Waals surface area contributed by atoms with Crippen molar-refractivity contribution in [3.05, 3.63) is 42.7 Å². The van der Waals surface area contributed by atoms with Crippen molar-refractivity contribution in [2.75, 3.05) is 18.4 Å². The van der Waals surface area contributed by atoms with Crippen LogP contribution >= 0.6 is 11.5 Å². The molecule has 0 saturated carbocycles. The normalized spacial score (nSPS) is 15.1. The lowest BCUT2D eigenvalue weighted by molar-refractivity contribution is 0.328. The quantitative estimate of drug-likeness (QED) is 0.565. The smallest absolute Gasteiger partial charge is 0.180 e. The molecule has 1 aliphatic heterocycles. The van der Waals surface area contributed by atoms with Crippen LogP contribution in [-0.4, -0.2) is 46.9 Å². The monoisotopic (exact) mass is 366 g/mol. The molecule has 9 heteroatoms. The van der Waals surface area contributed by atoms with Gasteiger partial charge in [0.1, 0.15) is 5.00 Å². The molecule has 0 aromatic carbocycles. The molecule has 0 amide bonds. The Morgan fingerprint density at radius 2 is 2.12 bits per heavy atom. The molecule has 1 aliphatic rings. The maximum Gasteiger partial charge on any atom is 0.180 e. The van der Waals surface area contributed by atoms with Crippen LogP contribution in [0.3, 0.4) is 0 Å². The second-order valence-electron chi connectivity index (χ2n) is 6.39. The molecule has 0 spiro atoms.